The maximum atomic E-state index is 12.8. The first-order valence-corrected chi connectivity index (χ1v) is 11.6. The van der Waals surface area contributed by atoms with Crippen molar-refractivity contribution in [3.8, 4) is 11.5 Å². The van der Waals surface area contributed by atoms with Crippen molar-refractivity contribution in [2.45, 2.75) is 13.3 Å². The standard InChI is InChI=1S/C26H22ClNO4S/c1-17-5-4-7-21(13-17)32-12-11-28-25(30)24(33-26(28)31)16-20-15-18(9-10-23(20)29)14-19-6-2-3-8-22(19)27/h2-10,13,15-16,29H,11-12,14H2,1H3/b24-16-. The Morgan fingerprint density at radius 2 is 1.88 bits per heavy atom. The first-order valence-electron chi connectivity index (χ1n) is 10.4. The number of phenolic OH excluding ortho intramolecular Hbond substituents is 1. The summed E-state index contributed by atoms with van der Waals surface area (Å²) in [6.07, 6.45) is 2.14. The van der Waals surface area contributed by atoms with Gasteiger partial charge in [-0.25, -0.2) is 0 Å². The summed E-state index contributed by atoms with van der Waals surface area (Å²) in [6, 6.07) is 20.3. The van der Waals surface area contributed by atoms with Crippen LogP contribution in [-0.2, 0) is 11.2 Å². The normalized spacial score (nSPS) is 14.8. The third kappa shape index (κ3) is 5.59. The molecule has 4 rings (SSSR count). The van der Waals surface area contributed by atoms with Crippen LogP contribution in [0, 0.1) is 6.92 Å². The fraction of sp³-hybridized carbons (Fsp3) is 0.154. The summed E-state index contributed by atoms with van der Waals surface area (Å²) < 4.78 is 5.67. The monoisotopic (exact) mass is 479 g/mol. The molecule has 7 heteroatoms. The Balaban J connectivity index is 1.46. The maximum absolute atomic E-state index is 12.8. The van der Waals surface area contributed by atoms with Crippen LogP contribution in [0.25, 0.3) is 6.08 Å². The van der Waals surface area contributed by atoms with Crippen LogP contribution in [0.2, 0.25) is 5.02 Å². The molecule has 1 fully saturated rings. The second-order valence-corrected chi connectivity index (χ2v) is 9.06. The van der Waals surface area contributed by atoms with E-state index in [1.54, 1.807) is 18.2 Å². The summed E-state index contributed by atoms with van der Waals surface area (Å²) in [4.78, 5) is 26.6. The Bertz CT molecular complexity index is 1240. The number of nitrogens with zero attached hydrogens (tertiary/aromatic N) is 1. The number of phenols is 1. The topological polar surface area (TPSA) is 66.8 Å². The number of carbonyl (C=O) groups is 2. The van der Waals surface area contributed by atoms with E-state index in [9.17, 15) is 14.7 Å². The number of aromatic hydroxyl groups is 1. The van der Waals surface area contributed by atoms with Gasteiger partial charge in [0.05, 0.1) is 11.4 Å². The lowest BCUT2D eigenvalue weighted by Gasteiger charge is -2.13. The van der Waals surface area contributed by atoms with Crippen molar-refractivity contribution < 1.29 is 19.4 Å². The summed E-state index contributed by atoms with van der Waals surface area (Å²) in [5.41, 5.74) is 3.43. The smallest absolute Gasteiger partial charge is 0.293 e. The fourth-order valence-corrected chi connectivity index (χ4v) is 4.54. The predicted molar refractivity (Wildman–Crippen MR) is 132 cm³/mol. The van der Waals surface area contributed by atoms with Gasteiger partial charge in [0, 0.05) is 10.6 Å². The molecule has 3 aromatic rings. The molecule has 168 valence electrons. The molecule has 0 saturated carbocycles. The zero-order valence-corrected chi connectivity index (χ0v) is 19.5. The van der Waals surface area contributed by atoms with E-state index in [1.165, 1.54) is 0 Å². The lowest BCUT2D eigenvalue weighted by atomic mass is 10.0. The number of thioether (sulfide) groups is 1. The SMILES string of the molecule is Cc1cccc(OCCN2C(=O)S/C(=C\c3cc(Cc4ccccc4Cl)ccc3O)C2=O)c1. The van der Waals surface area contributed by atoms with Gasteiger partial charge in [-0.1, -0.05) is 48.0 Å². The van der Waals surface area contributed by atoms with Crippen LogP contribution >= 0.6 is 23.4 Å². The summed E-state index contributed by atoms with van der Waals surface area (Å²) in [7, 11) is 0. The summed E-state index contributed by atoms with van der Waals surface area (Å²) in [6.45, 7) is 2.31. The number of hydrogen-bond acceptors (Lipinski definition) is 5. The molecule has 5 nitrogen and oxygen atoms in total. The Labute approximate surface area is 201 Å². The molecule has 1 aliphatic rings. The molecule has 0 atom stereocenters. The lowest BCUT2D eigenvalue weighted by molar-refractivity contribution is -0.123. The van der Waals surface area contributed by atoms with Gasteiger partial charge in [0.1, 0.15) is 18.1 Å². The van der Waals surface area contributed by atoms with Crippen molar-refractivity contribution in [1.82, 2.24) is 4.90 Å². The van der Waals surface area contributed by atoms with Gasteiger partial charge in [0.15, 0.2) is 0 Å². The number of ether oxygens (including phenoxy) is 1. The van der Waals surface area contributed by atoms with Crippen LogP contribution in [0.3, 0.4) is 0 Å². The molecule has 3 aromatic carbocycles. The van der Waals surface area contributed by atoms with Crippen LogP contribution in [0.15, 0.2) is 71.6 Å². The third-order valence-corrected chi connectivity index (χ3v) is 6.45. The molecule has 0 unspecified atom stereocenters. The zero-order valence-electron chi connectivity index (χ0n) is 18.0. The van der Waals surface area contributed by atoms with Crippen LogP contribution < -0.4 is 4.74 Å². The highest BCUT2D eigenvalue weighted by Crippen LogP contribution is 2.34. The van der Waals surface area contributed by atoms with Crippen molar-refractivity contribution in [2.24, 2.45) is 0 Å². The number of benzene rings is 3. The molecule has 2 amide bonds. The van der Waals surface area contributed by atoms with Crippen LogP contribution in [0.5, 0.6) is 11.5 Å². The molecule has 1 heterocycles. The first kappa shape index (κ1) is 23.0. The van der Waals surface area contributed by atoms with E-state index in [0.29, 0.717) is 22.8 Å². The lowest BCUT2D eigenvalue weighted by Crippen LogP contribution is -2.32. The maximum Gasteiger partial charge on any atom is 0.293 e. The molecule has 1 N–H and O–H groups in total. The number of imide groups is 1. The summed E-state index contributed by atoms with van der Waals surface area (Å²) in [5.74, 6) is 0.332. The molecular formula is C26H22ClNO4S. The Morgan fingerprint density at radius 3 is 2.67 bits per heavy atom. The zero-order chi connectivity index (χ0) is 23.4. The van der Waals surface area contributed by atoms with Gasteiger partial charge in [0.25, 0.3) is 11.1 Å². The predicted octanol–water partition coefficient (Wildman–Crippen LogP) is 6.06. The van der Waals surface area contributed by atoms with Crippen molar-refractivity contribution in [3.63, 3.8) is 0 Å². The van der Waals surface area contributed by atoms with Crippen LogP contribution in [-0.4, -0.2) is 34.3 Å². The highest BCUT2D eigenvalue weighted by molar-refractivity contribution is 8.18. The molecule has 0 aliphatic carbocycles. The molecule has 1 saturated heterocycles. The molecule has 0 spiro atoms. The van der Waals surface area contributed by atoms with Crippen LogP contribution in [0.1, 0.15) is 22.3 Å². The minimum Gasteiger partial charge on any atom is -0.507 e. The van der Waals surface area contributed by atoms with E-state index in [4.69, 9.17) is 16.3 Å². The number of amides is 2. The highest BCUT2D eigenvalue weighted by atomic mass is 35.5. The quantitative estimate of drug-likeness (QED) is 0.417. The number of aryl methyl sites for hydroxylation is 1. The van der Waals surface area contributed by atoms with E-state index in [0.717, 1.165) is 33.4 Å². The molecule has 0 aromatic heterocycles. The second kappa shape index (κ2) is 10.1. The largest absolute Gasteiger partial charge is 0.507 e. The third-order valence-electron chi connectivity index (χ3n) is 5.18. The van der Waals surface area contributed by atoms with Gasteiger partial charge >= 0.3 is 0 Å². The first-order chi connectivity index (χ1) is 15.9. The van der Waals surface area contributed by atoms with E-state index in [2.05, 4.69) is 0 Å². The van der Waals surface area contributed by atoms with Gasteiger partial charge in [-0.05, 0) is 78.2 Å². The number of carbonyl (C=O) groups excluding carboxylic acids is 2. The van der Waals surface area contributed by atoms with Crippen LogP contribution in [0.4, 0.5) is 4.79 Å². The van der Waals surface area contributed by atoms with Crippen molar-refractivity contribution in [3.05, 3.63) is 98.9 Å². The van der Waals surface area contributed by atoms with Gasteiger partial charge < -0.3 is 9.84 Å². The van der Waals surface area contributed by atoms with E-state index < -0.39 is 5.91 Å². The average Bonchev–Trinajstić information content (AvgIpc) is 3.05. The van der Waals surface area contributed by atoms with E-state index in [-0.39, 0.29) is 29.0 Å². The van der Waals surface area contributed by atoms with Crippen molar-refractivity contribution >= 4 is 40.6 Å². The molecule has 33 heavy (non-hydrogen) atoms. The summed E-state index contributed by atoms with van der Waals surface area (Å²) in [5, 5.41) is 10.6. The van der Waals surface area contributed by atoms with Gasteiger partial charge in [-0.2, -0.15) is 0 Å². The Kier molecular flexibility index (Phi) is 7.06. The van der Waals surface area contributed by atoms with Crippen molar-refractivity contribution in [2.75, 3.05) is 13.2 Å². The summed E-state index contributed by atoms with van der Waals surface area (Å²) >= 11 is 7.12. The number of hydrogen-bond donors (Lipinski definition) is 1. The molecular weight excluding hydrogens is 458 g/mol. The number of rotatable bonds is 7. The van der Waals surface area contributed by atoms with Crippen molar-refractivity contribution in [1.29, 1.82) is 0 Å². The highest BCUT2D eigenvalue weighted by Gasteiger charge is 2.35. The fourth-order valence-electron chi connectivity index (χ4n) is 3.49. The van der Waals surface area contributed by atoms with Gasteiger partial charge in [0.2, 0.25) is 0 Å². The average molecular weight is 480 g/mol. The second-order valence-electron chi connectivity index (χ2n) is 7.66. The minimum absolute atomic E-state index is 0.0347. The van der Waals surface area contributed by atoms with E-state index in [1.807, 2.05) is 61.5 Å². The van der Waals surface area contributed by atoms with E-state index >= 15 is 0 Å². The molecule has 1 aliphatic heterocycles. The number of halogens is 1. The molecule has 0 radical (unpaired) electrons. The molecule has 0 bridgehead atoms. The Morgan fingerprint density at radius 1 is 1.06 bits per heavy atom. The Hall–Kier alpha value is -3.22. The minimum atomic E-state index is -0.395. The van der Waals surface area contributed by atoms with Gasteiger partial charge in [-0.3, -0.25) is 14.5 Å². The van der Waals surface area contributed by atoms with Gasteiger partial charge in [-0.15, -0.1) is 0 Å².